The molecular formula is C14H13N3. The summed E-state index contributed by atoms with van der Waals surface area (Å²) in [5.74, 6) is 0.775. The predicted molar refractivity (Wildman–Crippen MR) is 68.8 cm³/mol. The quantitative estimate of drug-likeness (QED) is 0.688. The van der Waals surface area contributed by atoms with Gasteiger partial charge in [0.15, 0.2) is 5.82 Å². The topological polar surface area (TPSA) is 41.6 Å². The van der Waals surface area contributed by atoms with E-state index in [2.05, 4.69) is 21.9 Å². The van der Waals surface area contributed by atoms with Crippen molar-refractivity contribution in [3.8, 4) is 11.4 Å². The number of H-pyrrole nitrogens is 1. The monoisotopic (exact) mass is 223 g/mol. The third-order valence-corrected chi connectivity index (χ3v) is 2.94. The van der Waals surface area contributed by atoms with Crippen molar-refractivity contribution in [3.05, 3.63) is 47.8 Å². The predicted octanol–water partition coefficient (Wildman–Crippen LogP) is 3.24. The molecule has 1 aromatic carbocycles. The fourth-order valence-corrected chi connectivity index (χ4v) is 2.11. The number of hydrogen-bond donors (Lipinski definition) is 1. The van der Waals surface area contributed by atoms with Crippen molar-refractivity contribution in [3.63, 3.8) is 0 Å². The lowest BCUT2D eigenvalue weighted by molar-refractivity contribution is 1.15. The van der Waals surface area contributed by atoms with Crippen LogP contribution in [-0.2, 0) is 0 Å². The lowest BCUT2D eigenvalue weighted by Crippen LogP contribution is -1.93. The van der Waals surface area contributed by atoms with E-state index in [1.165, 1.54) is 5.56 Å². The van der Waals surface area contributed by atoms with E-state index in [1.807, 2.05) is 43.5 Å². The second-order valence-corrected chi connectivity index (χ2v) is 4.19. The Kier molecular flexibility index (Phi) is 2.18. The SMILES string of the molecule is Cc1c[nH]c2nc(-c3ccccc3)nc(C)c12. The molecule has 0 bridgehead atoms. The molecule has 0 amide bonds. The van der Waals surface area contributed by atoms with E-state index in [1.54, 1.807) is 0 Å². The van der Waals surface area contributed by atoms with Crippen LogP contribution in [0.3, 0.4) is 0 Å². The summed E-state index contributed by atoms with van der Waals surface area (Å²) in [6.07, 6.45) is 1.97. The number of aromatic nitrogens is 3. The van der Waals surface area contributed by atoms with E-state index < -0.39 is 0 Å². The van der Waals surface area contributed by atoms with Crippen molar-refractivity contribution in [2.24, 2.45) is 0 Å². The molecular weight excluding hydrogens is 210 g/mol. The lowest BCUT2D eigenvalue weighted by Gasteiger charge is -2.03. The maximum Gasteiger partial charge on any atom is 0.161 e. The second-order valence-electron chi connectivity index (χ2n) is 4.19. The molecule has 17 heavy (non-hydrogen) atoms. The van der Waals surface area contributed by atoms with Gasteiger partial charge in [-0.2, -0.15) is 0 Å². The molecule has 0 saturated carbocycles. The third kappa shape index (κ3) is 1.60. The number of aromatic amines is 1. The van der Waals surface area contributed by atoms with Crippen LogP contribution < -0.4 is 0 Å². The first kappa shape index (κ1) is 10.0. The summed E-state index contributed by atoms with van der Waals surface area (Å²) in [6.45, 7) is 4.09. The Hall–Kier alpha value is -2.16. The maximum absolute atomic E-state index is 4.57. The van der Waals surface area contributed by atoms with E-state index in [-0.39, 0.29) is 0 Å². The standard InChI is InChI=1S/C14H13N3/c1-9-8-15-14-12(9)10(2)16-13(17-14)11-6-4-3-5-7-11/h3-8H,1-2H3,(H,15,16,17). The summed E-state index contributed by atoms with van der Waals surface area (Å²) in [6, 6.07) is 10.0. The van der Waals surface area contributed by atoms with Crippen molar-refractivity contribution < 1.29 is 0 Å². The van der Waals surface area contributed by atoms with Crippen LogP contribution in [0.5, 0.6) is 0 Å². The highest BCUT2D eigenvalue weighted by atomic mass is 14.9. The zero-order chi connectivity index (χ0) is 11.8. The van der Waals surface area contributed by atoms with Gasteiger partial charge in [-0.15, -0.1) is 0 Å². The van der Waals surface area contributed by atoms with Crippen molar-refractivity contribution in [1.82, 2.24) is 15.0 Å². The van der Waals surface area contributed by atoms with Crippen molar-refractivity contribution >= 4 is 11.0 Å². The van der Waals surface area contributed by atoms with Gasteiger partial charge in [-0.1, -0.05) is 30.3 Å². The molecule has 0 fully saturated rings. The van der Waals surface area contributed by atoms with Gasteiger partial charge in [0, 0.05) is 17.1 Å². The average molecular weight is 223 g/mol. The minimum Gasteiger partial charge on any atom is -0.346 e. The summed E-state index contributed by atoms with van der Waals surface area (Å²) < 4.78 is 0. The van der Waals surface area contributed by atoms with Gasteiger partial charge in [-0.3, -0.25) is 0 Å². The second kappa shape index (κ2) is 3.70. The van der Waals surface area contributed by atoms with Gasteiger partial charge < -0.3 is 4.98 Å². The highest BCUT2D eigenvalue weighted by Gasteiger charge is 2.09. The number of benzene rings is 1. The van der Waals surface area contributed by atoms with Gasteiger partial charge in [0.2, 0.25) is 0 Å². The molecule has 0 radical (unpaired) electrons. The number of nitrogens with zero attached hydrogens (tertiary/aromatic N) is 2. The van der Waals surface area contributed by atoms with Crippen molar-refractivity contribution in [2.45, 2.75) is 13.8 Å². The molecule has 0 saturated heterocycles. The Morgan fingerprint density at radius 2 is 1.76 bits per heavy atom. The van der Waals surface area contributed by atoms with Crippen LogP contribution in [-0.4, -0.2) is 15.0 Å². The molecule has 3 heteroatoms. The first-order valence-electron chi connectivity index (χ1n) is 5.63. The Labute approximate surface area is 99.5 Å². The average Bonchev–Trinajstić information content (AvgIpc) is 2.73. The molecule has 0 atom stereocenters. The number of fused-ring (bicyclic) bond motifs is 1. The van der Waals surface area contributed by atoms with E-state index in [0.29, 0.717) is 0 Å². The molecule has 0 spiro atoms. The number of hydrogen-bond acceptors (Lipinski definition) is 2. The molecule has 0 aliphatic heterocycles. The lowest BCUT2D eigenvalue weighted by atomic mass is 10.2. The minimum atomic E-state index is 0.775. The molecule has 3 aromatic rings. The van der Waals surface area contributed by atoms with Crippen LogP contribution in [0.1, 0.15) is 11.3 Å². The van der Waals surface area contributed by atoms with E-state index in [4.69, 9.17) is 0 Å². The summed E-state index contributed by atoms with van der Waals surface area (Å²) in [5.41, 5.74) is 4.17. The van der Waals surface area contributed by atoms with Gasteiger partial charge in [-0.05, 0) is 19.4 Å². The number of nitrogens with one attached hydrogen (secondary N) is 1. The molecule has 2 aromatic heterocycles. The molecule has 84 valence electrons. The third-order valence-electron chi connectivity index (χ3n) is 2.94. The maximum atomic E-state index is 4.57. The zero-order valence-corrected chi connectivity index (χ0v) is 9.86. The van der Waals surface area contributed by atoms with E-state index >= 15 is 0 Å². The Bertz CT molecular complexity index is 669. The van der Waals surface area contributed by atoms with Crippen molar-refractivity contribution in [2.75, 3.05) is 0 Å². The molecule has 1 N–H and O–H groups in total. The summed E-state index contributed by atoms with van der Waals surface area (Å²) >= 11 is 0. The van der Waals surface area contributed by atoms with Crippen LogP contribution in [0, 0.1) is 13.8 Å². The van der Waals surface area contributed by atoms with Gasteiger partial charge in [0.1, 0.15) is 5.65 Å². The number of rotatable bonds is 1. The van der Waals surface area contributed by atoms with Crippen LogP contribution in [0.15, 0.2) is 36.5 Å². The van der Waals surface area contributed by atoms with Crippen LogP contribution >= 0.6 is 0 Å². The summed E-state index contributed by atoms with van der Waals surface area (Å²) in [5, 5.41) is 1.13. The zero-order valence-electron chi connectivity index (χ0n) is 9.86. The smallest absolute Gasteiger partial charge is 0.161 e. The molecule has 0 aliphatic carbocycles. The highest BCUT2D eigenvalue weighted by Crippen LogP contribution is 2.22. The molecule has 3 rings (SSSR count). The summed E-state index contributed by atoms with van der Waals surface area (Å²) in [4.78, 5) is 12.3. The van der Waals surface area contributed by atoms with Crippen LogP contribution in [0.2, 0.25) is 0 Å². The Morgan fingerprint density at radius 3 is 2.53 bits per heavy atom. The number of aryl methyl sites for hydroxylation is 2. The Balaban J connectivity index is 2.26. The van der Waals surface area contributed by atoms with Gasteiger partial charge in [0.05, 0.1) is 5.69 Å². The summed E-state index contributed by atoms with van der Waals surface area (Å²) in [7, 11) is 0. The van der Waals surface area contributed by atoms with E-state index in [0.717, 1.165) is 28.1 Å². The van der Waals surface area contributed by atoms with E-state index in [9.17, 15) is 0 Å². The molecule has 0 aliphatic rings. The minimum absolute atomic E-state index is 0.775. The normalized spacial score (nSPS) is 10.9. The first-order valence-corrected chi connectivity index (χ1v) is 5.63. The largest absolute Gasteiger partial charge is 0.346 e. The molecule has 0 unspecified atom stereocenters. The van der Waals surface area contributed by atoms with Gasteiger partial charge in [-0.25, -0.2) is 9.97 Å². The van der Waals surface area contributed by atoms with Gasteiger partial charge >= 0.3 is 0 Å². The van der Waals surface area contributed by atoms with Crippen LogP contribution in [0.25, 0.3) is 22.4 Å². The molecule has 3 nitrogen and oxygen atoms in total. The molecule has 2 heterocycles. The fourth-order valence-electron chi connectivity index (χ4n) is 2.11. The first-order chi connectivity index (χ1) is 8.25. The van der Waals surface area contributed by atoms with Gasteiger partial charge in [0.25, 0.3) is 0 Å². The highest BCUT2D eigenvalue weighted by molar-refractivity contribution is 5.83. The van der Waals surface area contributed by atoms with Crippen LogP contribution in [0.4, 0.5) is 0 Å². The van der Waals surface area contributed by atoms with Crippen molar-refractivity contribution in [1.29, 1.82) is 0 Å². The Morgan fingerprint density at radius 1 is 1.00 bits per heavy atom. The fraction of sp³-hybridized carbons (Fsp3) is 0.143.